The largest absolute Gasteiger partial charge is 0.350 e. The summed E-state index contributed by atoms with van der Waals surface area (Å²) in [6.45, 7) is 0.472. The van der Waals surface area contributed by atoms with Gasteiger partial charge in [0.05, 0.1) is 0 Å². The Morgan fingerprint density at radius 3 is 2.84 bits per heavy atom. The van der Waals surface area contributed by atoms with Crippen LogP contribution < -0.4 is 10.9 Å². The van der Waals surface area contributed by atoms with Gasteiger partial charge in [-0.15, -0.1) is 0 Å². The number of hydrogen-bond donors (Lipinski definition) is 2. The number of aromatic nitrogens is 2. The highest BCUT2D eigenvalue weighted by Crippen LogP contribution is 2.10. The van der Waals surface area contributed by atoms with Crippen LogP contribution in [-0.2, 0) is 6.42 Å². The first-order valence-corrected chi connectivity index (χ1v) is 6.11. The van der Waals surface area contributed by atoms with Gasteiger partial charge in [0, 0.05) is 17.6 Å². The van der Waals surface area contributed by atoms with E-state index in [1.54, 1.807) is 6.07 Å². The summed E-state index contributed by atoms with van der Waals surface area (Å²) in [5.41, 5.74) is 0.892. The van der Waals surface area contributed by atoms with Crippen molar-refractivity contribution in [3.8, 4) is 0 Å². The molecule has 0 aliphatic carbocycles. The summed E-state index contributed by atoms with van der Waals surface area (Å²) in [5.74, 6) is -0.321. The average molecular weight is 278 g/mol. The Bertz CT molecular complexity index is 619. The van der Waals surface area contributed by atoms with Crippen molar-refractivity contribution in [2.45, 2.75) is 6.42 Å². The van der Waals surface area contributed by atoms with E-state index in [4.69, 9.17) is 11.6 Å². The summed E-state index contributed by atoms with van der Waals surface area (Å²) >= 11 is 5.87. The van der Waals surface area contributed by atoms with Gasteiger partial charge in [-0.1, -0.05) is 23.7 Å². The van der Waals surface area contributed by atoms with Crippen LogP contribution in [0.2, 0.25) is 5.02 Å². The first-order valence-electron chi connectivity index (χ1n) is 5.73. The second-order valence-corrected chi connectivity index (χ2v) is 4.38. The zero-order valence-corrected chi connectivity index (χ0v) is 10.8. The number of amides is 1. The number of hydrogen-bond acceptors (Lipinski definition) is 3. The van der Waals surface area contributed by atoms with Crippen molar-refractivity contribution in [1.29, 1.82) is 0 Å². The van der Waals surface area contributed by atoms with Crippen LogP contribution in [0.25, 0.3) is 0 Å². The lowest BCUT2D eigenvalue weighted by Gasteiger charge is -2.04. The molecule has 0 saturated heterocycles. The molecule has 0 radical (unpaired) electrons. The molecule has 1 heterocycles. The fraction of sp³-hybridized carbons (Fsp3) is 0.154. The Morgan fingerprint density at radius 2 is 2.16 bits per heavy atom. The van der Waals surface area contributed by atoms with Crippen molar-refractivity contribution in [2.24, 2.45) is 0 Å². The number of carbonyl (C=O) groups excluding carboxylic acids is 1. The second kappa shape index (κ2) is 6.15. The molecule has 2 N–H and O–H groups in total. The molecule has 5 nitrogen and oxygen atoms in total. The molecule has 2 aromatic rings. The monoisotopic (exact) mass is 277 g/mol. The van der Waals surface area contributed by atoms with Crippen LogP contribution in [-0.4, -0.2) is 22.6 Å². The highest BCUT2D eigenvalue weighted by molar-refractivity contribution is 6.30. The fourth-order valence-electron chi connectivity index (χ4n) is 1.57. The number of rotatable bonds is 4. The molecule has 0 saturated carbocycles. The lowest BCUT2D eigenvalue weighted by molar-refractivity contribution is 0.0948. The van der Waals surface area contributed by atoms with E-state index in [9.17, 15) is 9.59 Å². The number of carbonyl (C=O) groups is 1. The molecule has 0 fully saturated rings. The third-order valence-corrected chi connectivity index (χ3v) is 2.74. The number of H-pyrrole nitrogens is 1. The van der Waals surface area contributed by atoms with Crippen molar-refractivity contribution < 1.29 is 4.79 Å². The molecule has 0 bridgehead atoms. The normalized spacial score (nSPS) is 10.2. The molecular weight excluding hydrogens is 266 g/mol. The molecule has 6 heteroatoms. The molecule has 0 atom stereocenters. The van der Waals surface area contributed by atoms with E-state index in [2.05, 4.69) is 15.5 Å². The van der Waals surface area contributed by atoms with E-state index < -0.39 is 0 Å². The highest BCUT2D eigenvalue weighted by atomic mass is 35.5. The Labute approximate surface area is 114 Å². The zero-order chi connectivity index (χ0) is 13.7. The quantitative estimate of drug-likeness (QED) is 0.887. The lowest BCUT2D eigenvalue weighted by atomic mass is 10.1. The Hall–Kier alpha value is -2.14. The van der Waals surface area contributed by atoms with Crippen LogP contribution in [0.1, 0.15) is 16.1 Å². The minimum Gasteiger partial charge on any atom is -0.350 e. The SMILES string of the molecule is O=C(NCCc1cccc(Cl)c1)c1ccc(=O)[nH]n1. The Morgan fingerprint density at radius 1 is 1.32 bits per heavy atom. The fourth-order valence-corrected chi connectivity index (χ4v) is 1.79. The molecule has 0 aliphatic rings. The van der Waals surface area contributed by atoms with Crippen LogP contribution in [0.15, 0.2) is 41.2 Å². The molecule has 0 aliphatic heterocycles. The van der Waals surface area contributed by atoms with Gasteiger partial charge in [-0.05, 0) is 30.2 Å². The number of halogens is 1. The average Bonchev–Trinajstić information content (AvgIpc) is 2.39. The summed E-state index contributed by atoms with van der Waals surface area (Å²) in [7, 11) is 0. The van der Waals surface area contributed by atoms with Gasteiger partial charge in [0.1, 0.15) is 5.69 Å². The summed E-state index contributed by atoms with van der Waals surface area (Å²) in [4.78, 5) is 22.5. The van der Waals surface area contributed by atoms with Gasteiger partial charge in [-0.3, -0.25) is 9.59 Å². The summed E-state index contributed by atoms with van der Waals surface area (Å²) in [6.07, 6.45) is 0.676. The van der Waals surface area contributed by atoms with Crippen molar-refractivity contribution >= 4 is 17.5 Å². The number of aromatic amines is 1. The van der Waals surface area contributed by atoms with Gasteiger partial charge in [-0.25, -0.2) is 5.10 Å². The van der Waals surface area contributed by atoms with Crippen molar-refractivity contribution in [3.63, 3.8) is 0 Å². The van der Waals surface area contributed by atoms with E-state index in [-0.39, 0.29) is 17.2 Å². The maximum Gasteiger partial charge on any atom is 0.271 e. The van der Waals surface area contributed by atoms with E-state index >= 15 is 0 Å². The lowest BCUT2D eigenvalue weighted by Crippen LogP contribution is -2.27. The first-order chi connectivity index (χ1) is 9.15. The smallest absolute Gasteiger partial charge is 0.271 e. The number of nitrogens with one attached hydrogen (secondary N) is 2. The molecule has 98 valence electrons. The molecule has 1 amide bonds. The predicted octanol–water partition coefficient (Wildman–Crippen LogP) is 1.40. The topological polar surface area (TPSA) is 74.8 Å². The minimum absolute atomic E-state index is 0.186. The highest BCUT2D eigenvalue weighted by Gasteiger charge is 2.06. The number of benzene rings is 1. The van der Waals surface area contributed by atoms with Crippen LogP contribution in [0.5, 0.6) is 0 Å². The van der Waals surface area contributed by atoms with Gasteiger partial charge < -0.3 is 5.32 Å². The summed E-state index contributed by atoms with van der Waals surface area (Å²) in [6, 6.07) is 10.1. The van der Waals surface area contributed by atoms with E-state index in [1.165, 1.54) is 12.1 Å². The third kappa shape index (κ3) is 3.93. The summed E-state index contributed by atoms with van der Waals surface area (Å²) in [5, 5.41) is 9.25. The Kier molecular flexibility index (Phi) is 4.30. The van der Waals surface area contributed by atoms with Crippen molar-refractivity contribution in [1.82, 2.24) is 15.5 Å². The standard InChI is InChI=1S/C13H12ClN3O2/c14-10-3-1-2-9(8-10)6-7-15-13(19)11-4-5-12(18)17-16-11/h1-5,8H,6-7H2,(H,15,19)(H,17,18). The molecule has 1 aromatic heterocycles. The minimum atomic E-state index is -0.338. The number of nitrogens with zero attached hydrogens (tertiary/aromatic N) is 1. The van der Waals surface area contributed by atoms with Gasteiger partial charge >= 0.3 is 0 Å². The van der Waals surface area contributed by atoms with Crippen molar-refractivity contribution in [2.75, 3.05) is 6.54 Å². The van der Waals surface area contributed by atoms with Gasteiger partial charge in [0.2, 0.25) is 0 Å². The molecular formula is C13H12ClN3O2. The maximum absolute atomic E-state index is 11.7. The van der Waals surface area contributed by atoms with Crippen LogP contribution in [0.3, 0.4) is 0 Å². The van der Waals surface area contributed by atoms with Crippen molar-refractivity contribution in [3.05, 3.63) is 63.0 Å². The molecule has 0 spiro atoms. The van der Waals surface area contributed by atoms with Crippen LogP contribution in [0, 0.1) is 0 Å². The molecule has 0 unspecified atom stereocenters. The first kappa shape index (κ1) is 13.3. The maximum atomic E-state index is 11.7. The van der Waals surface area contributed by atoms with Gasteiger partial charge in [0.15, 0.2) is 0 Å². The molecule has 2 rings (SSSR count). The molecule has 19 heavy (non-hydrogen) atoms. The van der Waals surface area contributed by atoms with Crippen LogP contribution >= 0.6 is 11.6 Å². The predicted molar refractivity (Wildman–Crippen MR) is 72.3 cm³/mol. The Balaban J connectivity index is 1.87. The van der Waals surface area contributed by atoms with E-state index in [1.807, 2.05) is 18.2 Å². The zero-order valence-electron chi connectivity index (χ0n) is 10.0. The second-order valence-electron chi connectivity index (χ2n) is 3.94. The molecule has 1 aromatic carbocycles. The third-order valence-electron chi connectivity index (χ3n) is 2.50. The van der Waals surface area contributed by atoms with Gasteiger partial charge in [0.25, 0.3) is 11.5 Å². The van der Waals surface area contributed by atoms with Gasteiger partial charge in [-0.2, -0.15) is 5.10 Å². The van der Waals surface area contributed by atoms with Crippen LogP contribution in [0.4, 0.5) is 0 Å². The van der Waals surface area contributed by atoms with E-state index in [0.717, 1.165) is 5.56 Å². The summed E-state index contributed by atoms with van der Waals surface area (Å²) < 4.78 is 0. The van der Waals surface area contributed by atoms with E-state index in [0.29, 0.717) is 18.0 Å².